The van der Waals surface area contributed by atoms with E-state index in [1.165, 1.54) is 0 Å². The fourth-order valence-electron chi connectivity index (χ4n) is 3.85. The number of hydrogen-bond acceptors (Lipinski definition) is 4. The Labute approximate surface area is 177 Å². The third kappa shape index (κ3) is 3.14. The molecule has 4 aromatic rings. The molecule has 1 heterocycles. The van der Waals surface area contributed by atoms with Crippen molar-refractivity contribution in [1.82, 2.24) is 0 Å². The van der Waals surface area contributed by atoms with E-state index in [-0.39, 0.29) is 5.69 Å². The molecule has 0 spiro atoms. The van der Waals surface area contributed by atoms with Gasteiger partial charge in [0.25, 0.3) is 5.91 Å². The highest BCUT2D eigenvalue weighted by Gasteiger charge is 2.51. The minimum atomic E-state index is -1.70. The number of carbonyl (C=O) groups excluding carboxylic acids is 4. The van der Waals surface area contributed by atoms with Crippen LogP contribution >= 0.6 is 0 Å². The standard InChI is InChI=1S/C25H16N2O4/c28-22-21(23(29)26-19-11-9-15-5-1-3-7-17(15)13-19)24(30)27(25(22)31)20-12-10-16-6-2-4-8-18(16)14-20/h1-14,21H,(H,26,29)/t21-/m0/s1. The average molecular weight is 408 g/mol. The van der Waals surface area contributed by atoms with Crippen LogP contribution in [-0.4, -0.2) is 23.5 Å². The predicted octanol–water partition coefficient (Wildman–Crippen LogP) is 3.69. The second-order valence-corrected chi connectivity index (χ2v) is 7.36. The summed E-state index contributed by atoms with van der Waals surface area (Å²) >= 11 is 0. The second kappa shape index (κ2) is 7.18. The van der Waals surface area contributed by atoms with Gasteiger partial charge in [-0.15, -0.1) is 0 Å². The minimum absolute atomic E-state index is 0.267. The molecule has 6 heteroatoms. The summed E-state index contributed by atoms with van der Waals surface area (Å²) in [6, 6.07) is 25.3. The molecule has 1 aliphatic heterocycles. The topological polar surface area (TPSA) is 83.6 Å². The van der Waals surface area contributed by atoms with E-state index < -0.39 is 29.4 Å². The maximum atomic E-state index is 12.9. The Bertz CT molecular complexity index is 1410. The van der Waals surface area contributed by atoms with Gasteiger partial charge in [-0.1, -0.05) is 60.7 Å². The van der Waals surface area contributed by atoms with Crippen LogP contribution in [0.3, 0.4) is 0 Å². The van der Waals surface area contributed by atoms with E-state index in [1.54, 1.807) is 30.3 Å². The molecule has 1 fully saturated rings. The highest BCUT2D eigenvalue weighted by atomic mass is 16.2. The summed E-state index contributed by atoms with van der Waals surface area (Å²) in [5.41, 5.74) is 0.712. The van der Waals surface area contributed by atoms with Gasteiger partial charge in [-0.2, -0.15) is 0 Å². The van der Waals surface area contributed by atoms with E-state index in [2.05, 4.69) is 5.32 Å². The molecule has 0 bridgehead atoms. The Morgan fingerprint density at radius 1 is 0.710 bits per heavy atom. The summed E-state index contributed by atoms with van der Waals surface area (Å²) in [7, 11) is 0. The largest absolute Gasteiger partial charge is 0.325 e. The van der Waals surface area contributed by atoms with Crippen molar-refractivity contribution in [2.75, 3.05) is 10.2 Å². The van der Waals surface area contributed by atoms with Crippen molar-refractivity contribution < 1.29 is 19.2 Å². The lowest BCUT2D eigenvalue weighted by atomic mass is 10.1. The molecule has 1 aliphatic rings. The maximum absolute atomic E-state index is 12.9. The molecular weight excluding hydrogens is 392 g/mol. The van der Waals surface area contributed by atoms with Crippen molar-refractivity contribution >= 4 is 56.4 Å². The monoisotopic (exact) mass is 408 g/mol. The highest BCUT2D eigenvalue weighted by molar-refractivity contribution is 6.60. The van der Waals surface area contributed by atoms with Gasteiger partial charge in [0, 0.05) is 5.69 Å². The van der Waals surface area contributed by atoms with Gasteiger partial charge in [0.15, 0.2) is 5.92 Å². The number of amides is 3. The van der Waals surface area contributed by atoms with Crippen molar-refractivity contribution in [2.45, 2.75) is 0 Å². The number of benzene rings is 4. The Morgan fingerprint density at radius 2 is 1.29 bits per heavy atom. The van der Waals surface area contributed by atoms with Crippen LogP contribution in [0.4, 0.5) is 11.4 Å². The van der Waals surface area contributed by atoms with Crippen LogP contribution in [0.15, 0.2) is 84.9 Å². The predicted molar refractivity (Wildman–Crippen MR) is 118 cm³/mol. The van der Waals surface area contributed by atoms with E-state index in [9.17, 15) is 19.2 Å². The normalized spacial score (nSPS) is 16.3. The second-order valence-electron chi connectivity index (χ2n) is 7.36. The van der Waals surface area contributed by atoms with Crippen molar-refractivity contribution in [3.05, 3.63) is 84.9 Å². The summed E-state index contributed by atoms with van der Waals surface area (Å²) < 4.78 is 0. The third-order valence-electron chi connectivity index (χ3n) is 5.41. The first-order valence-electron chi connectivity index (χ1n) is 9.73. The summed E-state index contributed by atoms with van der Waals surface area (Å²) in [6.07, 6.45) is 0. The van der Waals surface area contributed by atoms with Crippen molar-refractivity contribution in [2.24, 2.45) is 5.92 Å². The first kappa shape index (κ1) is 18.7. The van der Waals surface area contributed by atoms with E-state index in [1.807, 2.05) is 54.6 Å². The molecule has 0 aliphatic carbocycles. The first-order valence-corrected chi connectivity index (χ1v) is 9.73. The number of carbonyl (C=O) groups is 4. The number of rotatable bonds is 3. The molecule has 4 aromatic carbocycles. The summed E-state index contributed by atoms with van der Waals surface area (Å²) in [5.74, 6) is -5.40. The Morgan fingerprint density at radius 3 is 1.97 bits per heavy atom. The number of nitrogens with one attached hydrogen (secondary N) is 1. The molecule has 6 nitrogen and oxygen atoms in total. The molecule has 0 radical (unpaired) electrons. The lowest BCUT2D eigenvalue weighted by Gasteiger charge is -2.15. The third-order valence-corrected chi connectivity index (χ3v) is 5.41. The summed E-state index contributed by atoms with van der Waals surface area (Å²) in [5, 5.41) is 6.24. The number of nitrogens with zero attached hydrogens (tertiary/aromatic N) is 1. The van der Waals surface area contributed by atoms with Crippen LogP contribution in [0, 0.1) is 5.92 Å². The molecule has 0 unspecified atom stereocenters. The van der Waals surface area contributed by atoms with Crippen molar-refractivity contribution in [3.8, 4) is 0 Å². The van der Waals surface area contributed by atoms with Gasteiger partial charge in [-0.05, 0) is 45.8 Å². The molecule has 3 amide bonds. The highest BCUT2D eigenvalue weighted by Crippen LogP contribution is 2.29. The fraction of sp³-hybridized carbons (Fsp3) is 0.0400. The SMILES string of the molecule is O=C(Nc1ccc2ccccc2c1)[C@@H]1C(=O)C(=O)N(c2ccc3ccccc3c2)C1=O. The smallest absolute Gasteiger partial charge is 0.302 e. The number of ketones is 1. The van der Waals surface area contributed by atoms with Crippen LogP contribution in [0.1, 0.15) is 0 Å². The summed E-state index contributed by atoms with van der Waals surface area (Å²) in [6.45, 7) is 0. The minimum Gasteiger partial charge on any atom is -0.325 e. The Balaban J connectivity index is 1.43. The van der Waals surface area contributed by atoms with Crippen LogP contribution in [0.25, 0.3) is 21.5 Å². The van der Waals surface area contributed by atoms with Crippen molar-refractivity contribution in [3.63, 3.8) is 0 Å². The zero-order valence-corrected chi connectivity index (χ0v) is 16.2. The molecule has 1 atom stereocenters. The zero-order valence-electron chi connectivity index (χ0n) is 16.2. The van der Waals surface area contributed by atoms with Gasteiger partial charge in [0.1, 0.15) is 0 Å². The van der Waals surface area contributed by atoms with Gasteiger partial charge >= 0.3 is 5.91 Å². The number of imide groups is 1. The molecule has 0 saturated carbocycles. The van der Waals surface area contributed by atoms with E-state index >= 15 is 0 Å². The number of anilines is 2. The Hall–Kier alpha value is -4.32. The van der Waals surface area contributed by atoms with Crippen LogP contribution in [0.5, 0.6) is 0 Å². The van der Waals surface area contributed by atoms with Gasteiger partial charge in [-0.25, -0.2) is 4.90 Å². The molecule has 31 heavy (non-hydrogen) atoms. The first-order chi connectivity index (χ1) is 15.0. The number of hydrogen-bond donors (Lipinski definition) is 1. The number of fused-ring (bicyclic) bond motifs is 2. The lowest BCUT2D eigenvalue weighted by Crippen LogP contribution is -2.34. The average Bonchev–Trinajstić information content (AvgIpc) is 3.01. The van der Waals surface area contributed by atoms with Gasteiger partial charge in [0.05, 0.1) is 5.69 Å². The molecule has 5 rings (SSSR count). The zero-order chi connectivity index (χ0) is 21.5. The fourth-order valence-corrected chi connectivity index (χ4v) is 3.85. The van der Waals surface area contributed by atoms with E-state index in [4.69, 9.17) is 0 Å². The van der Waals surface area contributed by atoms with Gasteiger partial charge in [0.2, 0.25) is 11.7 Å². The maximum Gasteiger partial charge on any atom is 0.302 e. The molecule has 1 N–H and O–H groups in total. The lowest BCUT2D eigenvalue weighted by molar-refractivity contribution is -0.139. The molecule has 0 aromatic heterocycles. The van der Waals surface area contributed by atoms with E-state index in [0.717, 1.165) is 26.4 Å². The molecule has 1 saturated heterocycles. The van der Waals surface area contributed by atoms with Crippen LogP contribution < -0.4 is 10.2 Å². The Kier molecular flexibility index (Phi) is 4.33. The van der Waals surface area contributed by atoms with Crippen LogP contribution in [0.2, 0.25) is 0 Å². The molecular formula is C25H16N2O4. The van der Waals surface area contributed by atoms with E-state index in [0.29, 0.717) is 5.69 Å². The summed E-state index contributed by atoms with van der Waals surface area (Å²) in [4.78, 5) is 51.6. The van der Waals surface area contributed by atoms with Crippen molar-refractivity contribution in [1.29, 1.82) is 0 Å². The molecule has 150 valence electrons. The quantitative estimate of drug-likeness (QED) is 0.318. The number of Topliss-reactive ketones (excluding diaryl/α,β-unsaturated/α-hetero) is 1. The van der Waals surface area contributed by atoms with Gasteiger partial charge < -0.3 is 5.32 Å². The van der Waals surface area contributed by atoms with Gasteiger partial charge in [-0.3, -0.25) is 19.2 Å². The van der Waals surface area contributed by atoms with Crippen LogP contribution in [-0.2, 0) is 19.2 Å².